The Labute approximate surface area is 89.4 Å². The van der Waals surface area contributed by atoms with Gasteiger partial charge in [-0.05, 0) is 17.7 Å². The molecule has 0 saturated carbocycles. The molecule has 1 aliphatic rings. The molecule has 0 amide bonds. The number of epoxide rings is 1. The molecule has 1 aromatic rings. The van der Waals surface area contributed by atoms with Crippen LogP contribution in [0, 0.1) is 0 Å². The van der Waals surface area contributed by atoms with Gasteiger partial charge in [-0.3, -0.25) is 0 Å². The quantitative estimate of drug-likeness (QED) is 0.813. The van der Waals surface area contributed by atoms with Crippen LogP contribution in [0.2, 0.25) is 0 Å². The molecular weight excluding hydrogens is 225 g/mol. The molecule has 3 nitrogen and oxygen atoms in total. The van der Waals surface area contributed by atoms with Crippen molar-refractivity contribution in [2.45, 2.75) is 18.6 Å². The van der Waals surface area contributed by atoms with Gasteiger partial charge in [-0.2, -0.15) is 0 Å². The summed E-state index contributed by atoms with van der Waals surface area (Å²) in [6.07, 6.45) is -5.35. The first-order chi connectivity index (χ1) is 7.49. The van der Waals surface area contributed by atoms with Crippen LogP contribution >= 0.6 is 0 Å². The van der Waals surface area contributed by atoms with E-state index in [1.807, 2.05) is 0 Å². The number of hydrogen-bond donors (Lipinski definition) is 1. The number of rotatable bonds is 3. The summed E-state index contributed by atoms with van der Waals surface area (Å²) >= 11 is 0. The van der Waals surface area contributed by atoms with Crippen LogP contribution in [0.15, 0.2) is 24.3 Å². The van der Waals surface area contributed by atoms with Crippen molar-refractivity contribution >= 4 is 0 Å². The van der Waals surface area contributed by atoms with Gasteiger partial charge in [0.15, 0.2) is 0 Å². The molecule has 0 spiro atoms. The van der Waals surface area contributed by atoms with E-state index in [2.05, 4.69) is 4.74 Å². The summed E-state index contributed by atoms with van der Waals surface area (Å²) in [5.74, 6) is -0.280. The average molecular weight is 234 g/mol. The standard InChI is InChI=1S/C10H9F3O3/c11-10(12,13)16-7-3-1-2-6(4-7)9-8(5-14)15-9/h1-4,8-9,14H,5H2/t8-,9+/m1/s1. The molecule has 1 N–H and O–H groups in total. The summed E-state index contributed by atoms with van der Waals surface area (Å²) in [6, 6.07) is 5.55. The van der Waals surface area contributed by atoms with Gasteiger partial charge in [0.25, 0.3) is 0 Å². The van der Waals surface area contributed by atoms with Gasteiger partial charge >= 0.3 is 6.36 Å². The van der Waals surface area contributed by atoms with E-state index in [1.54, 1.807) is 6.07 Å². The van der Waals surface area contributed by atoms with E-state index in [1.165, 1.54) is 18.2 Å². The van der Waals surface area contributed by atoms with E-state index < -0.39 is 6.36 Å². The lowest BCUT2D eigenvalue weighted by Crippen LogP contribution is -2.17. The largest absolute Gasteiger partial charge is 0.573 e. The molecule has 0 radical (unpaired) electrons. The van der Waals surface area contributed by atoms with E-state index in [9.17, 15) is 13.2 Å². The molecule has 2 rings (SSSR count). The summed E-state index contributed by atoms with van der Waals surface area (Å²) in [4.78, 5) is 0. The van der Waals surface area contributed by atoms with Gasteiger partial charge in [0.1, 0.15) is 18.0 Å². The van der Waals surface area contributed by atoms with E-state index in [0.29, 0.717) is 5.56 Å². The minimum atomic E-state index is -4.70. The second-order valence-electron chi connectivity index (χ2n) is 3.40. The Morgan fingerprint density at radius 3 is 2.69 bits per heavy atom. The summed E-state index contributed by atoms with van der Waals surface area (Å²) in [5, 5.41) is 8.76. The van der Waals surface area contributed by atoms with Crippen molar-refractivity contribution in [3.8, 4) is 5.75 Å². The number of halogens is 3. The highest BCUT2D eigenvalue weighted by Crippen LogP contribution is 2.39. The molecule has 1 fully saturated rings. The van der Waals surface area contributed by atoms with Crippen LogP contribution in [0.3, 0.4) is 0 Å². The fourth-order valence-corrected chi connectivity index (χ4v) is 1.46. The molecule has 0 aromatic heterocycles. The van der Waals surface area contributed by atoms with Crippen molar-refractivity contribution < 1.29 is 27.8 Å². The lowest BCUT2D eigenvalue weighted by molar-refractivity contribution is -0.274. The van der Waals surface area contributed by atoms with E-state index >= 15 is 0 Å². The van der Waals surface area contributed by atoms with Gasteiger partial charge in [-0.1, -0.05) is 12.1 Å². The first-order valence-corrected chi connectivity index (χ1v) is 4.61. The topological polar surface area (TPSA) is 42.0 Å². The maximum Gasteiger partial charge on any atom is 0.573 e. The van der Waals surface area contributed by atoms with Crippen LogP contribution in [0.5, 0.6) is 5.75 Å². The van der Waals surface area contributed by atoms with Gasteiger partial charge in [0, 0.05) is 0 Å². The third kappa shape index (κ3) is 2.65. The average Bonchev–Trinajstić information content (AvgIpc) is 2.94. The molecule has 88 valence electrons. The summed E-state index contributed by atoms with van der Waals surface area (Å²) < 4.78 is 44.6. The Bertz CT molecular complexity index is 378. The van der Waals surface area contributed by atoms with Crippen molar-refractivity contribution in [3.63, 3.8) is 0 Å². The van der Waals surface area contributed by atoms with Crippen molar-refractivity contribution in [1.29, 1.82) is 0 Å². The monoisotopic (exact) mass is 234 g/mol. The zero-order valence-corrected chi connectivity index (χ0v) is 8.07. The molecule has 1 saturated heterocycles. The fourth-order valence-electron chi connectivity index (χ4n) is 1.46. The summed E-state index contributed by atoms with van der Waals surface area (Å²) in [7, 11) is 0. The SMILES string of the molecule is OC[C@H]1O[C@H]1c1cccc(OC(F)(F)F)c1. The second-order valence-corrected chi connectivity index (χ2v) is 3.40. The van der Waals surface area contributed by atoms with Crippen LogP contribution in [0.4, 0.5) is 13.2 Å². The van der Waals surface area contributed by atoms with Crippen LogP contribution in [-0.2, 0) is 4.74 Å². The van der Waals surface area contributed by atoms with E-state index in [4.69, 9.17) is 9.84 Å². The maximum atomic E-state index is 11.9. The Hall–Kier alpha value is -1.27. The highest BCUT2D eigenvalue weighted by Gasteiger charge is 2.40. The number of aliphatic hydroxyl groups is 1. The maximum absolute atomic E-state index is 11.9. The van der Waals surface area contributed by atoms with Gasteiger partial charge in [-0.15, -0.1) is 13.2 Å². The van der Waals surface area contributed by atoms with E-state index in [-0.39, 0.29) is 24.6 Å². The van der Waals surface area contributed by atoms with Gasteiger partial charge in [0.2, 0.25) is 0 Å². The molecule has 16 heavy (non-hydrogen) atoms. The van der Waals surface area contributed by atoms with Crippen LogP contribution < -0.4 is 4.74 Å². The second kappa shape index (κ2) is 3.95. The molecule has 6 heteroatoms. The molecule has 0 unspecified atom stereocenters. The lowest BCUT2D eigenvalue weighted by Gasteiger charge is -2.09. The van der Waals surface area contributed by atoms with Gasteiger partial charge in [0.05, 0.1) is 6.61 Å². The van der Waals surface area contributed by atoms with E-state index in [0.717, 1.165) is 0 Å². The zero-order valence-electron chi connectivity index (χ0n) is 8.07. The van der Waals surface area contributed by atoms with Crippen LogP contribution in [-0.4, -0.2) is 24.2 Å². The van der Waals surface area contributed by atoms with Crippen LogP contribution in [0.25, 0.3) is 0 Å². The van der Waals surface area contributed by atoms with Crippen molar-refractivity contribution in [2.24, 2.45) is 0 Å². The predicted molar refractivity (Wildman–Crippen MR) is 47.8 cm³/mol. The number of alkyl halides is 3. The third-order valence-corrected chi connectivity index (χ3v) is 2.18. The Morgan fingerprint density at radius 1 is 1.38 bits per heavy atom. The van der Waals surface area contributed by atoms with Crippen LogP contribution in [0.1, 0.15) is 11.7 Å². The van der Waals surface area contributed by atoms with Gasteiger partial charge < -0.3 is 14.6 Å². The number of ether oxygens (including phenoxy) is 2. The van der Waals surface area contributed by atoms with Crippen molar-refractivity contribution in [2.75, 3.05) is 6.61 Å². The summed E-state index contributed by atoms with van der Waals surface area (Å²) in [5.41, 5.74) is 0.570. The third-order valence-electron chi connectivity index (χ3n) is 2.18. The molecule has 1 aliphatic heterocycles. The Morgan fingerprint density at radius 2 is 2.12 bits per heavy atom. The smallest absolute Gasteiger partial charge is 0.406 e. The Balaban J connectivity index is 2.09. The first-order valence-electron chi connectivity index (χ1n) is 4.61. The highest BCUT2D eigenvalue weighted by atomic mass is 19.4. The highest BCUT2D eigenvalue weighted by molar-refractivity contribution is 5.32. The normalized spacial score (nSPS) is 24.2. The minimum absolute atomic E-state index is 0.144. The molecule has 0 aliphatic carbocycles. The first kappa shape index (κ1) is 11.2. The minimum Gasteiger partial charge on any atom is -0.406 e. The zero-order chi connectivity index (χ0) is 11.8. The summed E-state index contributed by atoms with van der Waals surface area (Å²) in [6.45, 7) is -0.144. The lowest BCUT2D eigenvalue weighted by atomic mass is 10.1. The number of benzene rings is 1. The fraction of sp³-hybridized carbons (Fsp3) is 0.400. The predicted octanol–water partition coefficient (Wildman–Crippen LogP) is 2.02. The molecular formula is C10H9F3O3. The Kier molecular flexibility index (Phi) is 2.77. The molecule has 1 heterocycles. The molecule has 0 bridgehead atoms. The molecule has 1 aromatic carbocycles. The van der Waals surface area contributed by atoms with Gasteiger partial charge in [-0.25, -0.2) is 0 Å². The van der Waals surface area contributed by atoms with Crippen molar-refractivity contribution in [1.82, 2.24) is 0 Å². The number of aliphatic hydroxyl groups excluding tert-OH is 1. The molecule has 2 atom stereocenters. The van der Waals surface area contributed by atoms with Crippen molar-refractivity contribution in [3.05, 3.63) is 29.8 Å². The number of hydrogen-bond acceptors (Lipinski definition) is 3.